The van der Waals surface area contributed by atoms with Crippen molar-refractivity contribution in [3.63, 3.8) is 0 Å². The lowest BCUT2D eigenvalue weighted by atomic mass is 10.1. The van der Waals surface area contributed by atoms with Gasteiger partial charge in [0.15, 0.2) is 17.6 Å². The zero-order valence-corrected chi connectivity index (χ0v) is 16.5. The number of hydrogen-bond acceptors (Lipinski definition) is 5. The quantitative estimate of drug-likeness (QED) is 0.559. The van der Waals surface area contributed by atoms with Gasteiger partial charge in [0.1, 0.15) is 0 Å². The minimum atomic E-state index is -0.907. The van der Waals surface area contributed by atoms with Gasteiger partial charge in [0.05, 0.1) is 14.2 Å². The molecule has 0 saturated carbocycles. The fourth-order valence-corrected chi connectivity index (χ4v) is 2.43. The summed E-state index contributed by atoms with van der Waals surface area (Å²) in [6.07, 6.45) is 2.05. The highest BCUT2D eigenvalue weighted by atomic mass is 16.5. The molecule has 0 aromatic heterocycles. The van der Waals surface area contributed by atoms with Gasteiger partial charge in [-0.05, 0) is 43.2 Å². The van der Waals surface area contributed by atoms with Crippen LogP contribution in [-0.2, 0) is 20.9 Å². The molecule has 0 spiro atoms. The maximum atomic E-state index is 12.2. The minimum Gasteiger partial charge on any atom is -0.493 e. The summed E-state index contributed by atoms with van der Waals surface area (Å²) in [5.41, 5.74) is 2.86. The summed E-state index contributed by atoms with van der Waals surface area (Å²) >= 11 is 0. The molecule has 0 aliphatic heterocycles. The van der Waals surface area contributed by atoms with Crippen LogP contribution in [0.1, 0.15) is 23.6 Å². The van der Waals surface area contributed by atoms with Crippen molar-refractivity contribution in [3.05, 3.63) is 65.2 Å². The Kier molecular flexibility index (Phi) is 7.63. The van der Waals surface area contributed by atoms with Crippen molar-refractivity contribution in [2.75, 3.05) is 14.2 Å². The van der Waals surface area contributed by atoms with E-state index in [0.29, 0.717) is 11.5 Å². The first kappa shape index (κ1) is 21.0. The monoisotopic (exact) mass is 383 g/mol. The van der Waals surface area contributed by atoms with Gasteiger partial charge in [0.2, 0.25) is 0 Å². The van der Waals surface area contributed by atoms with Gasteiger partial charge in [0, 0.05) is 12.6 Å². The van der Waals surface area contributed by atoms with Gasteiger partial charge in [-0.1, -0.05) is 35.9 Å². The van der Waals surface area contributed by atoms with E-state index in [1.165, 1.54) is 13.0 Å². The van der Waals surface area contributed by atoms with E-state index in [4.69, 9.17) is 14.2 Å². The Morgan fingerprint density at radius 3 is 2.36 bits per heavy atom. The topological polar surface area (TPSA) is 73.9 Å². The van der Waals surface area contributed by atoms with E-state index in [9.17, 15) is 9.59 Å². The van der Waals surface area contributed by atoms with E-state index in [2.05, 4.69) is 5.32 Å². The highest BCUT2D eigenvalue weighted by molar-refractivity contribution is 5.90. The summed E-state index contributed by atoms with van der Waals surface area (Å²) in [6, 6.07) is 13.1. The van der Waals surface area contributed by atoms with Crippen LogP contribution in [0.25, 0.3) is 6.08 Å². The van der Waals surface area contributed by atoms with Gasteiger partial charge in [-0.3, -0.25) is 4.79 Å². The number of carbonyl (C=O) groups excluding carboxylic acids is 2. The smallest absolute Gasteiger partial charge is 0.331 e. The summed E-state index contributed by atoms with van der Waals surface area (Å²) < 4.78 is 15.6. The number of hydrogen-bond donors (Lipinski definition) is 1. The van der Waals surface area contributed by atoms with Gasteiger partial charge in [-0.25, -0.2) is 4.79 Å². The lowest BCUT2D eigenvalue weighted by molar-refractivity contribution is -0.150. The van der Waals surface area contributed by atoms with E-state index >= 15 is 0 Å². The normalized spacial score (nSPS) is 11.7. The number of carbonyl (C=O) groups is 2. The molecular formula is C22H25NO5. The summed E-state index contributed by atoms with van der Waals surface area (Å²) in [5, 5.41) is 2.74. The predicted molar refractivity (Wildman–Crippen MR) is 107 cm³/mol. The predicted octanol–water partition coefficient (Wildman–Crippen LogP) is 3.27. The van der Waals surface area contributed by atoms with Crippen LogP contribution in [0.5, 0.6) is 11.5 Å². The molecule has 0 radical (unpaired) electrons. The molecule has 1 atom stereocenters. The molecule has 28 heavy (non-hydrogen) atoms. The number of nitrogens with one attached hydrogen (secondary N) is 1. The average molecular weight is 383 g/mol. The van der Waals surface area contributed by atoms with Crippen molar-refractivity contribution in [2.45, 2.75) is 26.5 Å². The zero-order chi connectivity index (χ0) is 20.5. The van der Waals surface area contributed by atoms with Crippen molar-refractivity contribution in [3.8, 4) is 11.5 Å². The zero-order valence-electron chi connectivity index (χ0n) is 16.5. The van der Waals surface area contributed by atoms with Gasteiger partial charge < -0.3 is 19.5 Å². The van der Waals surface area contributed by atoms with Crippen LogP contribution in [0.4, 0.5) is 0 Å². The lowest BCUT2D eigenvalue weighted by Gasteiger charge is -2.13. The van der Waals surface area contributed by atoms with Gasteiger partial charge in [0.25, 0.3) is 5.91 Å². The maximum absolute atomic E-state index is 12.2. The first-order valence-electron chi connectivity index (χ1n) is 8.87. The van der Waals surface area contributed by atoms with Crippen molar-refractivity contribution in [1.82, 2.24) is 5.32 Å². The summed E-state index contributed by atoms with van der Waals surface area (Å²) in [6.45, 7) is 3.80. The van der Waals surface area contributed by atoms with E-state index in [0.717, 1.165) is 16.7 Å². The highest BCUT2D eigenvalue weighted by Crippen LogP contribution is 2.27. The van der Waals surface area contributed by atoms with Crippen LogP contribution >= 0.6 is 0 Å². The van der Waals surface area contributed by atoms with Crippen molar-refractivity contribution in [1.29, 1.82) is 0 Å². The summed E-state index contributed by atoms with van der Waals surface area (Å²) in [7, 11) is 3.11. The second kappa shape index (κ2) is 10.2. The standard InChI is InChI=1S/C22H25NO5/c1-15-5-7-17(8-6-15)10-12-21(24)28-16(2)22(25)23-14-18-9-11-19(26-3)20(13-18)27-4/h5-13,16H,14H2,1-4H3,(H,23,25)/b12-10+/t16-/m0/s1. The number of aryl methyl sites for hydroxylation is 1. The number of methoxy groups -OCH3 is 2. The van der Waals surface area contributed by atoms with Gasteiger partial charge >= 0.3 is 5.97 Å². The Morgan fingerprint density at radius 1 is 1.04 bits per heavy atom. The average Bonchev–Trinajstić information content (AvgIpc) is 2.71. The van der Waals surface area contributed by atoms with Crippen LogP contribution in [0.3, 0.4) is 0 Å². The number of benzene rings is 2. The molecule has 0 unspecified atom stereocenters. The van der Waals surface area contributed by atoms with Crippen LogP contribution in [-0.4, -0.2) is 32.2 Å². The number of amides is 1. The van der Waals surface area contributed by atoms with Crippen LogP contribution < -0.4 is 14.8 Å². The molecule has 2 rings (SSSR count). The SMILES string of the molecule is COc1ccc(CNC(=O)[C@H](C)OC(=O)/C=C/c2ccc(C)cc2)cc1OC. The van der Waals surface area contributed by atoms with E-state index < -0.39 is 12.1 Å². The third-order valence-electron chi connectivity index (χ3n) is 4.07. The molecule has 0 heterocycles. The van der Waals surface area contributed by atoms with E-state index in [1.54, 1.807) is 32.4 Å². The second-order valence-corrected chi connectivity index (χ2v) is 6.23. The van der Waals surface area contributed by atoms with Crippen molar-refractivity contribution in [2.24, 2.45) is 0 Å². The highest BCUT2D eigenvalue weighted by Gasteiger charge is 2.16. The fourth-order valence-electron chi connectivity index (χ4n) is 2.43. The number of esters is 1. The molecule has 0 aliphatic rings. The maximum Gasteiger partial charge on any atom is 0.331 e. The van der Waals surface area contributed by atoms with Crippen molar-refractivity contribution < 1.29 is 23.8 Å². The third kappa shape index (κ3) is 6.16. The summed E-state index contributed by atoms with van der Waals surface area (Å²) in [5.74, 6) is 0.233. The van der Waals surface area contributed by atoms with Gasteiger partial charge in [-0.15, -0.1) is 0 Å². The number of rotatable bonds is 8. The Balaban J connectivity index is 1.85. The first-order valence-corrected chi connectivity index (χ1v) is 8.87. The molecule has 6 nitrogen and oxygen atoms in total. The van der Waals surface area contributed by atoms with Crippen molar-refractivity contribution >= 4 is 18.0 Å². The first-order chi connectivity index (χ1) is 13.4. The van der Waals surface area contributed by atoms with Crippen LogP contribution in [0, 0.1) is 6.92 Å². The van der Waals surface area contributed by atoms with Gasteiger partial charge in [-0.2, -0.15) is 0 Å². The number of ether oxygens (including phenoxy) is 3. The molecule has 1 N–H and O–H groups in total. The largest absolute Gasteiger partial charge is 0.493 e. The molecule has 0 aliphatic carbocycles. The Bertz CT molecular complexity index is 843. The molecule has 2 aromatic rings. The molecule has 6 heteroatoms. The third-order valence-corrected chi connectivity index (χ3v) is 4.07. The molecule has 0 fully saturated rings. The summed E-state index contributed by atoms with van der Waals surface area (Å²) in [4.78, 5) is 24.1. The molecular weight excluding hydrogens is 358 g/mol. The fraction of sp³-hybridized carbons (Fsp3) is 0.273. The lowest BCUT2D eigenvalue weighted by Crippen LogP contribution is -2.35. The van der Waals surface area contributed by atoms with Crippen LogP contribution in [0.15, 0.2) is 48.5 Å². The van der Waals surface area contributed by atoms with Crippen LogP contribution in [0.2, 0.25) is 0 Å². The molecule has 0 bridgehead atoms. The molecule has 2 aromatic carbocycles. The molecule has 1 amide bonds. The Hall–Kier alpha value is -3.28. The minimum absolute atomic E-state index is 0.278. The van der Waals surface area contributed by atoms with E-state index in [-0.39, 0.29) is 12.5 Å². The Morgan fingerprint density at radius 2 is 1.71 bits per heavy atom. The second-order valence-electron chi connectivity index (χ2n) is 6.23. The molecule has 0 saturated heterocycles. The molecule has 148 valence electrons. The Labute approximate surface area is 165 Å². The van der Waals surface area contributed by atoms with E-state index in [1.807, 2.05) is 37.3 Å².